The molecule has 0 atom stereocenters. The average Bonchev–Trinajstić information content (AvgIpc) is 2.57. The van der Waals surface area contributed by atoms with Crippen molar-refractivity contribution in [2.45, 2.75) is 38.8 Å². The van der Waals surface area contributed by atoms with E-state index < -0.39 is 9.84 Å². The van der Waals surface area contributed by atoms with Crippen LogP contribution in [0.3, 0.4) is 0 Å². The van der Waals surface area contributed by atoms with Crippen LogP contribution in [-0.4, -0.2) is 96.5 Å². The summed E-state index contributed by atoms with van der Waals surface area (Å²) in [6.45, 7) is 9.29. The summed E-state index contributed by atoms with van der Waals surface area (Å²) in [7, 11) is -1.21. The molecule has 0 amide bonds. The zero-order valence-corrected chi connectivity index (χ0v) is 20.2. The van der Waals surface area contributed by atoms with Crippen molar-refractivity contribution in [2.24, 2.45) is 4.99 Å². The lowest BCUT2D eigenvalue weighted by Crippen LogP contribution is -2.49. The van der Waals surface area contributed by atoms with E-state index in [9.17, 15) is 8.42 Å². The highest BCUT2D eigenvalue weighted by Crippen LogP contribution is 2.10. The molecule has 0 aliphatic carbocycles. The molecule has 0 spiro atoms. The molecule has 1 rings (SSSR count). The summed E-state index contributed by atoms with van der Waals surface area (Å²) in [5.41, 5.74) is 0. The van der Waals surface area contributed by atoms with E-state index in [-0.39, 0.29) is 36.3 Å². The Morgan fingerprint density at radius 3 is 2.44 bits per heavy atom. The number of halogens is 1. The van der Waals surface area contributed by atoms with Crippen molar-refractivity contribution in [2.75, 3.05) is 65.1 Å². The quantitative estimate of drug-likeness (QED) is 0.180. The zero-order valence-electron chi connectivity index (χ0n) is 17.1. The van der Waals surface area contributed by atoms with Gasteiger partial charge in [0.1, 0.15) is 9.84 Å². The summed E-state index contributed by atoms with van der Waals surface area (Å²) in [6.07, 6.45) is 3.66. The maximum Gasteiger partial charge on any atom is 0.191 e. The van der Waals surface area contributed by atoms with Gasteiger partial charge in [0, 0.05) is 45.5 Å². The van der Waals surface area contributed by atoms with Crippen LogP contribution in [0.5, 0.6) is 0 Å². The lowest BCUT2D eigenvalue weighted by molar-refractivity contribution is 0.0532. The number of piperidine rings is 1. The van der Waals surface area contributed by atoms with E-state index in [1.165, 1.54) is 6.26 Å². The molecule has 1 saturated heterocycles. The van der Waals surface area contributed by atoms with Gasteiger partial charge in [0.05, 0.1) is 31.7 Å². The van der Waals surface area contributed by atoms with Crippen LogP contribution < -0.4 is 10.6 Å². The number of likely N-dealkylation sites (tertiary alicyclic amines) is 1. The van der Waals surface area contributed by atoms with E-state index >= 15 is 0 Å². The Morgan fingerprint density at radius 1 is 1.22 bits per heavy atom. The topological polar surface area (TPSA) is 92.3 Å². The first-order valence-corrected chi connectivity index (χ1v) is 11.4. The smallest absolute Gasteiger partial charge is 0.191 e. The molecule has 8 nitrogen and oxygen atoms in total. The number of rotatable bonds is 11. The SMILES string of the molecule is CN=C(NCCOCCS(C)(=O)=O)NC1CCN(CCOC(C)C)CC1.I. The second kappa shape index (κ2) is 14.8. The average molecular weight is 520 g/mol. The molecule has 2 N–H and O–H groups in total. The minimum absolute atomic E-state index is 0. The second-order valence-corrected chi connectivity index (χ2v) is 9.18. The largest absolute Gasteiger partial charge is 0.379 e. The first-order chi connectivity index (χ1) is 12.3. The standard InChI is InChI=1S/C17H36N4O4S.HI/c1-15(2)25-12-10-21-8-5-16(6-9-21)20-17(18-3)19-7-11-24-13-14-26(4,22)23;/h15-16H,5-14H2,1-4H3,(H2,18,19,20);1H. The van der Waals surface area contributed by atoms with Gasteiger partial charge in [-0.2, -0.15) is 0 Å². The summed E-state index contributed by atoms with van der Waals surface area (Å²) >= 11 is 0. The predicted octanol–water partition coefficient (Wildman–Crippen LogP) is 0.720. The summed E-state index contributed by atoms with van der Waals surface area (Å²) < 4.78 is 33.0. The maximum atomic E-state index is 11.0. The van der Waals surface area contributed by atoms with Gasteiger partial charge in [0.25, 0.3) is 0 Å². The van der Waals surface area contributed by atoms with Crippen LogP contribution in [0.4, 0.5) is 0 Å². The van der Waals surface area contributed by atoms with Gasteiger partial charge in [-0.1, -0.05) is 0 Å². The predicted molar refractivity (Wildman–Crippen MR) is 121 cm³/mol. The van der Waals surface area contributed by atoms with Gasteiger partial charge in [-0.05, 0) is 26.7 Å². The van der Waals surface area contributed by atoms with Crippen LogP contribution >= 0.6 is 24.0 Å². The van der Waals surface area contributed by atoms with E-state index in [1.54, 1.807) is 7.05 Å². The van der Waals surface area contributed by atoms with Gasteiger partial charge < -0.3 is 25.0 Å². The van der Waals surface area contributed by atoms with E-state index in [2.05, 4.69) is 34.4 Å². The number of aliphatic imine (C=N–C) groups is 1. The zero-order chi connectivity index (χ0) is 19.4. The fourth-order valence-electron chi connectivity index (χ4n) is 2.66. The molecule has 10 heteroatoms. The van der Waals surface area contributed by atoms with Gasteiger partial charge in [-0.25, -0.2) is 8.42 Å². The van der Waals surface area contributed by atoms with Crippen LogP contribution in [-0.2, 0) is 19.3 Å². The van der Waals surface area contributed by atoms with E-state index in [0.29, 0.717) is 25.3 Å². The van der Waals surface area contributed by atoms with E-state index in [0.717, 1.165) is 45.0 Å². The molecular formula is C17H37IN4O4S. The highest BCUT2D eigenvalue weighted by atomic mass is 127. The monoisotopic (exact) mass is 520 g/mol. The van der Waals surface area contributed by atoms with Crippen molar-refractivity contribution in [3.05, 3.63) is 0 Å². The molecule has 1 aliphatic heterocycles. The lowest BCUT2D eigenvalue weighted by Gasteiger charge is -2.33. The van der Waals surface area contributed by atoms with Gasteiger partial charge in [0.2, 0.25) is 0 Å². The molecule has 1 aliphatic rings. The number of ether oxygens (including phenoxy) is 2. The van der Waals surface area contributed by atoms with Crippen LogP contribution in [0, 0.1) is 0 Å². The summed E-state index contributed by atoms with van der Waals surface area (Å²) in [5, 5.41) is 6.65. The molecule has 0 bridgehead atoms. The Bertz CT molecular complexity index is 509. The van der Waals surface area contributed by atoms with Crippen molar-refractivity contribution in [3.8, 4) is 0 Å². The van der Waals surface area contributed by atoms with Gasteiger partial charge in [-0.15, -0.1) is 24.0 Å². The summed E-state index contributed by atoms with van der Waals surface area (Å²) in [6, 6.07) is 0.412. The van der Waals surface area contributed by atoms with Crippen molar-refractivity contribution in [1.82, 2.24) is 15.5 Å². The number of hydrogen-bond donors (Lipinski definition) is 2. The number of nitrogens with one attached hydrogen (secondary N) is 2. The third-order valence-electron chi connectivity index (χ3n) is 4.15. The Kier molecular flexibility index (Phi) is 14.7. The summed E-state index contributed by atoms with van der Waals surface area (Å²) in [4.78, 5) is 6.67. The van der Waals surface area contributed by atoms with Gasteiger partial charge in [-0.3, -0.25) is 4.99 Å². The van der Waals surface area contributed by atoms with Crippen molar-refractivity contribution < 1.29 is 17.9 Å². The van der Waals surface area contributed by atoms with Gasteiger partial charge in [0.15, 0.2) is 5.96 Å². The second-order valence-electron chi connectivity index (χ2n) is 6.92. The molecule has 0 radical (unpaired) electrons. The number of sulfone groups is 1. The van der Waals surface area contributed by atoms with Crippen molar-refractivity contribution >= 4 is 39.8 Å². The fraction of sp³-hybridized carbons (Fsp3) is 0.941. The number of nitrogens with zero attached hydrogens (tertiary/aromatic N) is 2. The maximum absolute atomic E-state index is 11.0. The van der Waals surface area contributed by atoms with Crippen LogP contribution in [0.1, 0.15) is 26.7 Å². The highest BCUT2D eigenvalue weighted by Gasteiger charge is 2.19. The molecule has 0 saturated carbocycles. The Morgan fingerprint density at radius 2 is 1.89 bits per heavy atom. The normalized spacial score (nSPS) is 17.0. The molecular weight excluding hydrogens is 483 g/mol. The van der Waals surface area contributed by atoms with Crippen LogP contribution in [0.25, 0.3) is 0 Å². The Labute approximate surface area is 181 Å². The first-order valence-electron chi connectivity index (χ1n) is 9.36. The Balaban J connectivity index is 0.00000676. The first kappa shape index (κ1) is 26.8. The number of guanidine groups is 1. The molecule has 0 aromatic rings. The molecule has 0 aromatic carbocycles. The molecule has 1 heterocycles. The molecule has 0 unspecified atom stereocenters. The highest BCUT2D eigenvalue weighted by molar-refractivity contribution is 14.0. The fourth-order valence-corrected chi connectivity index (χ4v) is 3.08. The van der Waals surface area contributed by atoms with E-state index in [4.69, 9.17) is 9.47 Å². The third kappa shape index (κ3) is 14.5. The summed E-state index contributed by atoms with van der Waals surface area (Å²) in [5.74, 6) is 0.819. The number of hydrogen-bond acceptors (Lipinski definition) is 6. The van der Waals surface area contributed by atoms with Gasteiger partial charge >= 0.3 is 0 Å². The molecule has 0 aromatic heterocycles. The van der Waals surface area contributed by atoms with Crippen molar-refractivity contribution in [3.63, 3.8) is 0 Å². The lowest BCUT2D eigenvalue weighted by atomic mass is 10.1. The molecule has 162 valence electrons. The minimum atomic E-state index is -2.96. The van der Waals surface area contributed by atoms with Crippen LogP contribution in [0.15, 0.2) is 4.99 Å². The molecule has 1 fully saturated rings. The molecule has 27 heavy (non-hydrogen) atoms. The third-order valence-corrected chi connectivity index (χ3v) is 5.06. The van der Waals surface area contributed by atoms with Crippen molar-refractivity contribution in [1.29, 1.82) is 0 Å². The van der Waals surface area contributed by atoms with E-state index in [1.807, 2.05) is 0 Å². The van der Waals surface area contributed by atoms with Crippen LogP contribution in [0.2, 0.25) is 0 Å². The Hall–Kier alpha value is -0.170. The minimum Gasteiger partial charge on any atom is -0.379 e.